The average molecular weight is 366 g/mol. The van der Waals surface area contributed by atoms with Gasteiger partial charge in [0.25, 0.3) is 0 Å². The van der Waals surface area contributed by atoms with Crippen LogP contribution in [0.1, 0.15) is 33.3 Å². The quantitative estimate of drug-likeness (QED) is 0.653. The van der Waals surface area contributed by atoms with Crippen LogP contribution < -0.4 is 14.6 Å². The fraction of sp³-hybridized carbons (Fsp3) is 0.391. The molecule has 4 nitrogen and oxygen atoms in total. The summed E-state index contributed by atoms with van der Waals surface area (Å²) in [6.45, 7) is 12.7. The van der Waals surface area contributed by atoms with E-state index in [9.17, 15) is 0 Å². The standard InChI is InChI=1S/C23H31N3O/c1-5-24(6-2)20-16-13-19(14-17-20)15-18-23-26(25(7-3)8-4)21-11-9-10-12-22(21)27-23/h9-18,23H,5-8H2,1-4H3. The second kappa shape index (κ2) is 8.96. The first-order chi connectivity index (χ1) is 13.2. The molecule has 1 aliphatic heterocycles. The zero-order chi connectivity index (χ0) is 19.2. The van der Waals surface area contributed by atoms with Crippen molar-refractivity contribution in [1.29, 1.82) is 0 Å². The fourth-order valence-electron chi connectivity index (χ4n) is 3.60. The van der Waals surface area contributed by atoms with Gasteiger partial charge in [-0.05, 0) is 49.8 Å². The molecule has 0 saturated carbocycles. The van der Waals surface area contributed by atoms with Crippen LogP contribution in [0, 0.1) is 0 Å². The first-order valence-corrected chi connectivity index (χ1v) is 10.0. The minimum Gasteiger partial charge on any atom is -0.463 e. The molecule has 0 aromatic heterocycles. The number of anilines is 2. The number of hydrazine groups is 1. The summed E-state index contributed by atoms with van der Waals surface area (Å²) < 4.78 is 6.21. The van der Waals surface area contributed by atoms with Gasteiger partial charge in [0.05, 0.1) is 5.69 Å². The topological polar surface area (TPSA) is 19.0 Å². The van der Waals surface area contributed by atoms with Gasteiger partial charge in [-0.25, -0.2) is 5.01 Å². The van der Waals surface area contributed by atoms with Crippen LogP contribution in [0.25, 0.3) is 6.08 Å². The van der Waals surface area contributed by atoms with E-state index in [0.717, 1.165) is 37.6 Å². The van der Waals surface area contributed by atoms with Gasteiger partial charge < -0.3 is 9.64 Å². The number of para-hydroxylation sites is 2. The van der Waals surface area contributed by atoms with Crippen LogP contribution in [-0.4, -0.2) is 37.4 Å². The molecular formula is C23H31N3O. The summed E-state index contributed by atoms with van der Waals surface area (Å²) in [7, 11) is 0. The lowest BCUT2D eigenvalue weighted by Crippen LogP contribution is -2.47. The Kier molecular flexibility index (Phi) is 6.40. The highest BCUT2D eigenvalue weighted by Crippen LogP contribution is 2.38. The molecule has 0 aliphatic carbocycles. The van der Waals surface area contributed by atoms with Gasteiger partial charge in [-0.3, -0.25) is 5.01 Å². The molecule has 0 N–H and O–H groups in total. The molecule has 4 heteroatoms. The van der Waals surface area contributed by atoms with E-state index in [1.807, 2.05) is 12.1 Å². The zero-order valence-electron chi connectivity index (χ0n) is 16.9. The van der Waals surface area contributed by atoms with E-state index in [1.165, 1.54) is 11.3 Å². The van der Waals surface area contributed by atoms with Crippen molar-refractivity contribution in [2.24, 2.45) is 0 Å². The first kappa shape index (κ1) is 19.3. The zero-order valence-corrected chi connectivity index (χ0v) is 16.9. The van der Waals surface area contributed by atoms with Crippen LogP contribution in [0.15, 0.2) is 54.6 Å². The van der Waals surface area contributed by atoms with Crippen molar-refractivity contribution >= 4 is 17.5 Å². The van der Waals surface area contributed by atoms with E-state index in [0.29, 0.717) is 0 Å². The Morgan fingerprint density at radius 2 is 1.56 bits per heavy atom. The Hall–Kier alpha value is -2.46. The first-order valence-electron chi connectivity index (χ1n) is 10.0. The smallest absolute Gasteiger partial charge is 0.205 e. The molecule has 2 aromatic carbocycles. The van der Waals surface area contributed by atoms with E-state index in [4.69, 9.17) is 4.74 Å². The van der Waals surface area contributed by atoms with Crippen molar-refractivity contribution in [3.63, 3.8) is 0 Å². The molecule has 0 fully saturated rings. The molecule has 144 valence electrons. The lowest BCUT2D eigenvalue weighted by Gasteiger charge is -2.33. The summed E-state index contributed by atoms with van der Waals surface area (Å²) in [5.41, 5.74) is 3.59. The van der Waals surface area contributed by atoms with Crippen LogP contribution in [0.2, 0.25) is 0 Å². The molecule has 0 bridgehead atoms. The van der Waals surface area contributed by atoms with Crippen LogP contribution in [0.3, 0.4) is 0 Å². The molecule has 0 saturated heterocycles. The third-order valence-corrected chi connectivity index (χ3v) is 5.11. The highest BCUT2D eigenvalue weighted by atomic mass is 16.5. The van der Waals surface area contributed by atoms with Crippen molar-refractivity contribution in [2.75, 3.05) is 36.1 Å². The number of hydrogen-bond donors (Lipinski definition) is 0. The number of benzene rings is 2. The normalized spacial score (nSPS) is 16.0. The molecule has 1 atom stereocenters. The van der Waals surface area contributed by atoms with Gasteiger partial charge in [-0.1, -0.05) is 44.2 Å². The second-order valence-electron chi connectivity index (χ2n) is 6.58. The summed E-state index contributed by atoms with van der Waals surface area (Å²) in [4.78, 5) is 2.35. The third kappa shape index (κ3) is 4.11. The monoisotopic (exact) mass is 365 g/mol. The summed E-state index contributed by atoms with van der Waals surface area (Å²) >= 11 is 0. The van der Waals surface area contributed by atoms with Crippen molar-refractivity contribution in [2.45, 2.75) is 33.9 Å². The van der Waals surface area contributed by atoms with E-state index < -0.39 is 0 Å². The predicted molar refractivity (Wildman–Crippen MR) is 115 cm³/mol. The molecule has 1 unspecified atom stereocenters. The molecule has 0 spiro atoms. The number of hydrogen-bond acceptors (Lipinski definition) is 4. The minimum atomic E-state index is -0.121. The minimum absolute atomic E-state index is 0.121. The maximum atomic E-state index is 6.21. The van der Waals surface area contributed by atoms with Gasteiger partial charge in [0.15, 0.2) is 0 Å². The molecule has 0 radical (unpaired) electrons. The van der Waals surface area contributed by atoms with Crippen molar-refractivity contribution < 1.29 is 4.74 Å². The van der Waals surface area contributed by atoms with Gasteiger partial charge in [0, 0.05) is 31.9 Å². The van der Waals surface area contributed by atoms with Crippen molar-refractivity contribution in [1.82, 2.24) is 5.01 Å². The highest BCUT2D eigenvalue weighted by molar-refractivity contribution is 5.64. The number of rotatable bonds is 8. The molecular weight excluding hydrogens is 334 g/mol. The van der Waals surface area contributed by atoms with Gasteiger partial charge in [-0.2, -0.15) is 0 Å². The van der Waals surface area contributed by atoms with E-state index >= 15 is 0 Å². The van der Waals surface area contributed by atoms with Crippen LogP contribution in [0.5, 0.6) is 5.75 Å². The summed E-state index contributed by atoms with van der Waals surface area (Å²) in [5, 5.41) is 4.57. The average Bonchev–Trinajstić information content (AvgIpc) is 3.08. The summed E-state index contributed by atoms with van der Waals surface area (Å²) in [6.07, 6.45) is 4.17. The molecule has 27 heavy (non-hydrogen) atoms. The Labute approximate surface area is 163 Å². The predicted octanol–water partition coefficient (Wildman–Crippen LogP) is 5.03. The van der Waals surface area contributed by atoms with E-state index in [-0.39, 0.29) is 6.23 Å². The number of ether oxygens (including phenoxy) is 1. The Bertz CT molecular complexity index is 748. The lowest BCUT2D eigenvalue weighted by atomic mass is 10.1. The van der Waals surface area contributed by atoms with Crippen LogP contribution in [-0.2, 0) is 0 Å². The number of fused-ring (bicyclic) bond motifs is 1. The maximum Gasteiger partial charge on any atom is 0.205 e. The van der Waals surface area contributed by atoms with Gasteiger partial charge in [0.2, 0.25) is 6.23 Å². The van der Waals surface area contributed by atoms with Crippen LogP contribution in [0.4, 0.5) is 11.4 Å². The molecule has 2 aromatic rings. The summed E-state index contributed by atoms with van der Waals surface area (Å²) in [6, 6.07) is 17.0. The van der Waals surface area contributed by atoms with Gasteiger partial charge in [-0.15, -0.1) is 0 Å². The number of nitrogens with zero attached hydrogens (tertiary/aromatic N) is 3. The lowest BCUT2D eigenvalue weighted by molar-refractivity contribution is 0.175. The van der Waals surface area contributed by atoms with E-state index in [1.54, 1.807) is 0 Å². The Morgan fingerprint density at radius 3 is 2.19 bits per heavy atom. The highest BCUT2D eigenvalue weighted by Gasteiger charge is 2.32. The van der Waals surface area contributed by atoms with Gasteiger partial charge >= 0.3 is 0 Å². The molecule has 0 amide bonds. The van der Waals surface area contributed by atoms with E-state index in [2.05, 4.69) is 91.2 Å². The molecule has 1 aliphatic rings. The third-order valence-electron chi connectivity index (χ3n) is 5.11. The van der Waals surface area contributed by atoms with Crippen molar-refractivity contribution in [3.05, 3.63) is 60.2 Å². The molecule has 3 rings (SSSR count). The van der Waals surface area contributed by atoms with Crippen LogP contribution >= 0.6 is 0 Å². The Balaban J connectivity index is 1.79. The largest absolute Gasteiger partial charge is 0.463 e. The van der Waals surface area contributed by atoms with Crippen molar-refractivity contribution in [3.8, 4) is 5.75 Å². The fourth-order valence-corrected chi connectivity index (χ4v) is 3.60. The second-order valence-corrected chi connectivity index (χ2v) is 6.58. The molecule has 1 heterocycles. The van der Waals surface area contributed by atoms with Gasteiger partial charge in [0.1, 0.15) is 5.75 Å². The maximum absolute atomic E-state index is 6.21. The summed E-state index contributed by atoms with van der Waals surface area (Å²) in [5.74, 6) is 0.941. The Morgan fingerprint density at radius 1 is 0.889 bits per heavy atom. The SMILES string of the molecule is CCN(CC)c1ccc(C=CC2Oc3ccccc3N2N(CC)CC)cc1.